The van der Waals surface area contributed by atoms with Crippen molar-refractivity contribution in [2.75, 3.05) is 6.54 Å². The Morgan fingerprint density at radius 3 is 2.55 bits per heavy atom. The lowest BCUT2D eigenvalue weighted by molar-refractivity contribution is 0.101. The number of piperidine rings is 1. The van der Waals surface area contributed by atoms with Gasteiger partial charge in [0.15, 0.2) is 5.69 Å². The molecule has 0 aliphatic carbocycles. The summed E-state index contributed by atoms with van der Waals surface area (Å²) in [5, 5.41) is 7.62. The van der Waals surface area contributed by atoms with Crippen molar-refractivity contribution < 1.29 is 0 Å². The van der Waals surface area contributed by atoms with Gasteiger partial charge in [0, 0.05) is 18.6 Å². The third-order valence-corrected chi connectivity index (χ3v) is 6.68. The Labute approximate surface area is 194 Å². The fourth-order valence-electron chi connectivity index (χ4n) is 4.85. The molecule has 1 saturated heterocycles. The standard InChI is InChI=1S/C25H33N7O/c1-17-9-8-10-18(2)31(17)13-6-3-7-14-32-22-12-5-4-11-19(22)30-23(25(32)33)20-15-28-16-21(29-20)24(26)27/h4-5,11-12,15-18H,3,6-10,13-14H2,1-2H3,(H3,26,27)/t17-,18+. The summed E-state index contributed by atoms with van der Waals surface area (Å²) in [6, 6.07) is 8.99. The molecule has 8 nitrogen and oxygen atoms in total. The van der Waals surface area contributed by atoms with E-state index in [1.54, 1.807) is 4.57 Å². The van der Waals surface area contributed by atoms with Crippen molar-refractivity contribution in [1.82, 2.24) is 24.4 Å². The summed E-state index contributed by atoms with van der Waals surface area (Å²) in [6.07, 6.45) is 9.94. The van der Waals surface area contributed by atoms with Crippen molar-refractivity contribution in [3.8, 4) is 11.4 Å². The summed E-state index contributed by atoms with van der Waals surface area (Å²) in [4.78, 5) is 29.0. The normalized spacial score (nSPS) is 19.1. The number of nitrogens with two attached hydrogens (primary N) is 1. The molecule has 1 aromatic carbocycles. The Bertz CT molecular complexity index is 1180. The molecule has 0 radical (unpaired) electrons. The summed E-state index contributed by atoms with van der Waals surface area (Å²) in [5.74, 6) is -0.192. The van der Waals surface area contributed by atoms with E-state index in [1.807, 2.05) is 24.3 Å². The molecular weight excluding hydrogens is 414 g/mol. The van der Waals surface area contributed by atoms with Gasteiger partial charge in [-0.3, -0.25) is 20.1 Å². The van der Waals surface area contributed by atoms with Gasteiger partial charge in [-0.2, -0.15) is 0 Å². The number of fused-ring (bicyclic) bond motifs is 1. The van der Waals surface area contributed by atoms with Crippen molar-refractivity contribution in [3.63, 3.8) is 0 Å². The first-order valence-corrected chi connectivity index (χ1v) is 11.9. The quantitative estimate of drug-likeness (QED) is 0.310. The number of nitrogen functional groups attached to an aromatic ring is 1. The van der Waals surface area contributed by atoms with Crippen LogP contribution < -0.4 is 11.3 Å². The fraction of sp³-hybridized carbons (Fsp3) is 0.480. The monoisotopic (exact) mass is 447 g/mol. The molecule has 4 rings (SSSR count). The van der Waals surface area contributed by atoms with Crippen LogP contribution in [0.2, 0.25) is 0 Å². The number of hydrogen-bond acceptors (Lipinski definition) is 6. The molecule has 3 aromatic rings. The van der Waals surface area contributed by atoms with E-state index in [2.05, 4.69) is 33.7 Å². The molecule has 174 valence electrons. The second kappa shape index (κ2) is 10.2. The second-order valence-electron chi connectivity index (χ2n) is 9.04. The number of aryl methyl sites for hydroxylation is 1. The maximum atomic E-state index is 13.4. The van der Waals surface area contributed by atoms with Crippen LogP contribution in [-0.4, -0.2) is 48.9 Å². The van der Waals surface area contributed by atoms with E-state index in [0.717, 1.165) is 36.8 Å². The molecule has 0 unspecified atom stereocenters. The van der Waals surface area contributed by atoms with Crippen LogP contribution in [0.4, 0.5) is 0 Å². The summed E-state index contributed by atoms with van der Waals surface area (Å²) in [6.45, 7) is 6.42. The minimum absolute atomic E-state index is 0.192. The van der Waals surface area contributed by atoms with Crippen molar-refractivity contribution >= 4 is 16.9 Å². The molecule has 1 aliphatic rings. The van der Waals surface area contributed by atoms with E-state index in [0.29, 0.717) is 24.3 Å². The summed E-state index contributed by atoms with van der Waals surface area (Å²) >= 11 is 0. The third-order valence-electron chi connectivity index (χ3n) is 6.68. The fourth-order valence-corrected chi connectivity index (χ4v) is 4.85. The maximum absolute atomic E-state index is 13.4. The highest BCUT2D eigenvalue weighted by molar-refractivity contribution is 5.93. The minimum atomic E-state index is -0.193. The number of nitrogens with zero attached hydrogens (tertiary/aromatic N) is 5. The van der Waals surface area contributed by atoms with Crippen LogP contribution in [0.3, 0.4) is 0 Å². The van der Waals surface area contributed by atoms with Gasteiger partial charge in [-0.15, -0.1) is 0 Å². The van der Waals surface area contributed by atoms with Gasteiger partial charge < -0.3 is 10.3 Å². The molecule has 1 aliphatic heterocycles. The second-order valence-corrected chi connectivity index (χ2v) is 9.04. The number of likely N-dealkylation sites (tertiary alicyclic amines) is 1. The van der Waals surface area contributed by atoms with E-state index in [1.165, 1.54) is 31.7 Å². The number of rotatable bonds is 8. The van der Waals surface area contributed by atoms with Crippen molar-refractivity contribution in [3.05, 3.63) is 52.7 Å². The van der Waals surface area contributed by atoms with Crippen LogP contribution in [-0.2, 0) is 6.54 Å². The Morgan fingerprint density at radius 1 is 1.06 bits per heavy atom. The van der Waals surface area contributed by atoms with Gasteiger partial charge in [0.05, 0.1) is 23.4 Å². The smallest absolute Gasteiger partial charge is 0.279 e. The zero-order valence-corrected chi connectivity index (χ0v) is 19.5. The van der Waals surface area contributed by atoms with Crippen LogP contribution in [0, 0.1) is 5.41 Å². The molecule has 8 heteroatoms. The van der Waals surface area contributed by atoms with Gasteiger partial charge in [0.1, 0.15) is 17.2 Å². The summed E-state index contributed by atoms with van der Waals surface area (Å²) < 4.78 is 1.80. The third kappa shape index (κ3) is 5.11. The Hall–Kier alpha value is -3.13. The largest absolute Gasteiger partial charge is 0.382 e. The first kappa shape index (κ1) is 23.0. The molecule has 1 fully saturated rings. The zero-order chi connectivity index (χ0) is 23.4. The van der Waals surface area contributed by atoms with E-state index in [-0.39, 0.29) is 22.8 Å². The van der Waals surface area contributed by atoms with E-state index in [9.17, 15) is 4.79 Å². The SMILES string of the molecule is C[C@@H]1CCC[C@H](C)N1CCCCCn1c(=O)c(-c2cncc(C(=N)N)n2)nc2ccccc21. The zero-order valence-electron chi connectivity index (χ0n) is 19.5. The van der Waals surface area contributed by atoms with Gasteiger partial charge in [-0.1, -0.05) is 25.0 Å². The Kier molecular flexibility index (Phi) is 7.13. The maximum Gasteiger partial charge on any atom is 0.279 e. The molecule has 0 amide bonds. The van der Waals surface area contributed by atoms with Crippen LogP contribution in [0.25, 0.3) is 22.4 Å². The molecular formula is C25H33N7O. The van der Waals surface area contributed by atoms with Crippen LogP contribution >= 0.6 is 0 Å². The predicted octanol–water partition coefficient (Wildman–Crippen LogP) is 3.57. The average Bonchev–Trinajstić information content (AvgIpc) is 2.81. The molecule has 3 N–H and O–H groups in total. The minimum Gasteiger partial charge on any atom is -0.382 e. The number of aromatic nitrogens is 4. The first-order valence-electron chi connectivity index (χ1n) is 11.9. The van der Waals surface area contributed by atoms with E-state index >= 15 is 0 Å². The van der Waals surface area contributed by atoms with Crippen LogP contribution in [0.15, 0.2) is 41.5 Å². The number of nitrogens with one attached hydrogen (secondary N) is 1. The topological polar surface area (TPSA) is 114 Å². The number of para-hydroxylation sites is 2. The molecule has 33 heavy (non-hydrogen) atoms. The lowest BCUT2D eigenvalue weighted by Crippen LogP contribution is -2.44. The average molecular weight is 448 g/mol. The molecule has 0 bridgehead atoms. The van der Waals surface area contributed by atoms with Crippen molar-refractivity contribution in [2.45, 2.75) is 71.0 Å². The molecule has 0 spiro atoms. The highest BCUT2D eigenvalue weighted by Crippen LogP contribution is 2.23. The van der Waals surface area contributed by atoms with E-state index in [4.69, 9.17) is 11.1 Å². The molecule has 2 atom stereocenters. The molecule has 3 heterocycles. The Balaban J connectivity index is 1.52. The highest BCUT2D eigenvalue weighted by atomic mass is 16.1. The van der Waals surface area contributed by atoms with Gasteiger partial charge in [-0.05, 0) is 58.2 Å². The number of benzene rings is 1. The van der Waals surface area contributed by atoms with Crippen molar-refractivity contribution in [2.24, 2.45) is 5.73 Å². The van der Waals surface area contributed by atoms with Gasteiger partial charge in [0.2, 0.25) is 0 Å². The van der Waals surface area contributed by atoms with Crippen molar-refractivity contribution in [1.29, 1.82) is 5.41 Å². The Morgan fingerprint density at radius 2 is 1.79 bits per heavy atom. The first-order chi connectivity index (χ1) is 16.0. The molecule has 2 aromatic heterocycles. The van der Waals surface area contributed by atoms with E-state index < -0.39 is 0 Å². The van der Waals surface area contributed by atoms with Gasteiger partial charge >= 0.3 is 0 Å². The van der Waals surface area contributed by atoms with Crippen LogP contribution in [0.5, 0.6) is 0 Å². The summed E-state index contributed by atoms with van der Waals surface area (Å²) in [5.41, 5.74) is 7.72. The lowest BCUT2D eigenvalue weighted by Gasteiger charge is -2.39. The number of amidine groups is 1. The van der Waals surface area contributed by atoms with Gasteiger partial charge in [-0.25, -0.2) is 9.97 Å². The van der Waals surface area contributed by atoms with Crippen LogP contribution in [0.1, 0.15) is 58.1 Å². The number of hydrogen-bond donors (Lipinski definition) is 2. The summed E-state index contributed by atoms with van der Waals surface area (Å²) in [7, 11) is 0. The predicted molar refractivity (Wildman–Crippen MR) is 131 cm³/mol. The number of unbranched alkanes of at least 4 members (excludes halogenated alkanes) is 2. The molecule has 0 saturated carbocycles. The lowest BCUT2D eigenvalue weighted by atomic mass is 9.97. The highest BCUT2D eigenvalue weighted by Gasteiger charge is 2.23. The van der Waals surface area contributed by atoms with Gasteiger partial charge in [0.25, 0.3) is 5.56 Å².